The summed E-state index contributed by atoms with van der Waals surface area (Å²) in [7, 11) is 0. The van der Waals surface area contributed by atoms with Gasteiger partial charge in [0, 0.05) is 18.0 Å². The third-order valence-corrected chi connectivity index (χ3v) is 4.99. The predicted octanol–water partition coefficient (Wildman–Crippen LogP) is 2.83. The lowest BCUT2D eigenvalue weighted by atomic mass is 9.70. The van der Waals surface area contributed by atoms with Crippen molar-refractivity contribution in [3.63, 3.8) is 0 Å². The van der Waals surface area contributed by atoms with Gasteiger partial charge in [-0.25, -0.2) is 0 Å². The van der Waals surface area contributed by atoms with Crippen molar-refractivity contribution < 1.29 is 4.79 Å². The number of primary amides is 1. The number of hydrogen-bond acceptors (Lipinski definition) is 2. The van der Waals surface area contributed by atoms with Gasteiger partial charge >= 0.3 is 0 Å². The zero-order chi connectivity index (χ0) is 14.0. The lowest BCUT2D eigenvalue weighted by Crippen LogP contribution is -2.46. The molecule has 2 rings (SSSR count). The molecule has 0 saturated heterocycles. The molecule has 0 aliphatic heterocycles. The number of hydrogen-bond donors (Lipinski definition) is 2. The summed E-state index contributed by atoms with van der Waals surface area (Å²) in [5.41, 5.74) is 5.86. The smallest absolute Gasteiger partial charge is 0.220 e. The molecule has 2 unspecified atom stereocenters. The van der Waals surface area contributed by atoms with Crippen LogP contribution in [0.15, 0.2) is 0 Å². The highest BCUT2D eigenvalue weighted by Crippen LogP contribution is 2.39. The van der Waals surface area contributed by atoms with Crippen LogP contribution in [0.1, 0.15) is 65.7 Å². The maximum Gasteiger partial charge on any atom is 0.220 e. The van der Waals surface area contributed by atoms with Crippen molar-refractivity contribution in [1.29, 1.82) is 0 Å². The summed E-state index contributed by atoms with van der Waals surface area (Å²) in [4.78, 5) is 11.2. The number of rotatable bonds is 3. The number of nitrogens with one attached hydrogen (secondary N) is 1. The summed E-state index contributed by atoms with van der Waals surface area (Å²) in [6.07, 6.45) is 8.10. The molecule has 2 atom stereocenters. The highest BCUT2D eigenvalue weighted by molar-refractivity contribution is 5.76. The highest BCUT2D eigenvalue weighted by atomic mass is 16.1. The summed E-state index contributed by atoms with van der Waals surface area (Å²) in [6.45, 7) is 7.16. The molecule has 0 aromatic heterocycles. The lowest BCUT2D eigenvalue weighted by molar-refractivity contribution is -0.122. The van der Waals surface area contributed by atoms with Gasteiger partial charge in [-0.15, -0.1) is 0 Å². The Morgan fingerprint density at radius 3 is 2.26 bits per heavy atom. The van der Waals surface area contributed by atoms with Crippen molar-refractivity contribution in [1.82, 2.24) is 5.32 Å². The van der Waals surface area contributed by atoms with Crippen LogP contribution in [0.4, 0.5) is 0 Å². The van der Waals surface area contributed by atoms with Crippen molar-refractivity contribution in [2.75, 3.05) is 0 Å². The van der Waals surface area contributed by atoms with E-state index in [0.29, 0.717) is 17.5 Å². The maximum absolute atomic E-state index is 11.2. The molecule has 2 saturated carbocycles. The molecule has 2 fully saturated rings. The Balaban J connectivity index is 1.80. The van der Waals surface area contributed by atoms with E-state index in [9.17, 15) is 4.79 Å². The zero-order valence-electron chi connectivity index (χ0n) is 12.7. The molecule has 0 bridgehead atoms. The van der Waals surface area contributed by atoms with E-state index in [2.05, 4.69) is 26.1 Å². The van der Waals surface area contributed by atoms with Gasteiger partial charge in [-0.3, -0.25) is 4.79 Å². The van der Waals surface area contributed by atoms with Gasteiger partial charge in [-0.2, -0.15) is 0 Å². The molecular formula is C16H30N2O. The first kappa shape index (κ1) is 14.8. The summed E-state index contributed by atoms with van der Waals surface area (Å²) in [6, 6.07) is 1.26. The van der Waals surface area contributed by atoms with E-state index in [1.54, 1.807) is 0 Å². The van der Waals surface area contributed by atoms with Crippen LogP contribution in [-0.4, -0.2) is 18.0 Å². The molecule has 0 aromatic rings. The number of carbonyl (C=O) groups is 1. The fraction of sp³-hybridized carbons (Fsp3) is 0.938. The number of carbonyl (C=O) groups excluding carboxylic acids is 1. The van der Waals surface area contributed by atoms with Gasteiger partial charge in [-0.1, -0.05) is 20.8 Å². The minimum atomic E-state index is -0.106. The van der Waals surface area contributed by atoms with E-state index < -0.39 is 0 Å². The van der Waals surface area contributed by atoms with Gasteiger partial charge in [0.15, 0.2) is 0 Å². The first-order chi connectivity index (χ1) is 8.85. The number of nitrogens with two attached hydrogens (primary N) is 1. The van der Waals surface area contributed by atoms with Gasteiger partial charge in [0.1, 0.15) is 0 Å². The third-order valence-electron chi connectivity index (χ3n) is 4.99. The fourth-order valence-electron chi connectivity index (χ4n) is 4.35. The molecule has 110 valence electrons. The lowest BCUT2D eigenvalue weighted by Gasteiger charge is -2.41. The maximum atomic E-state index is 11.2. The van der Waals surface area contributed by atoms with Crippen molar-refractivity contribution in [3.05, 3.63) is 0 Å². The van der Waals surface area contributed by atoms with Crippen LogP contribution in [0.25, 0.3) is 0 Å². The highest BCUT2D eigenvalue weighted by Gasteiger charge is 2.33. The molecular weight excluding hydrogens is 236 g/mol. The van der Waals surface area contributed by atoms with E-state index in [0.717, 1.165) is 31.6 Å². The average Bonchev–Trinajstić information content (AvgIpc) is 2.26. The minimum Gasteiger partial charge on any atom is -0.369 e. The zero-order valence-corrected chi connectivity index (χ0v) is 12.7. The Bertz CT molecular complexity index is 319. The van der Waals surface area contributed by atoms with Crippen LogP contribution in [0.3, 0.4) is 0 Å². The summed E-state index contributed by atoms with van der Waals surface area (Å²) < 4.78 is 0. The number of amides is 1. The molecule has 0 aromatic carbocycles. The molecule has 3 heteroatoms. The van der Waals surface area contributed by atoms with Crippen molar-refractivity contribution in [2.24, 2.45) is 23.0 Å². The van der Waals surface area contributed by atoms with Crippen molar-refractivity contribution in [2.45, 2.75) is 77.8 Å². The van der Waals surface area contributed by atoms with E-state index >= 15 is 0 Å². The van der Waals surface area contributed by atoms with Gasteiger partial charge < -0.3 is 11.1 Å². The van der Waals surface area contributed by atoms with E-state index in [-0.39, 0.29) is 11.8 Å². The fourth-order valence-corrected chi connectivity index (χ4v) is 4.35. The van der Waals surface area contributed by atoms with Gasteiger partial charge in [-0.05, 0) is 56.3 Å². The SMILES string of the molecule is CC1CC(NC2CCC(C(N)=O)CC2)CC(C)(C)C1. The van der Waals surface area contributed by atoms with E-state index in [1.807, 2.05) is 0 Å². The first-order valence-electron chi connectivity index (χ1n) is 7.91. The van der Waals surface area contributed by atoms with Crippen LogP contribution in [0.2, 0.25) is 0 Å². The second kappa shape index (κ2) is 5.82. The summed E-state index contributed by atoms with van der Waals surface area (Å²) >= 11 is 0. The normalized spacial score (nSPS) is 38.9. The Labute approximate surface area is 117 Å². The monoisotopic (exact) mass is 266 g/mol. The van der Waals surface area contributed by atoms with Crippen LogP contribution >= 0.6 is 0 Å². The Kier molecular flexibility index (Phi) is 4.54. The molecule has 1 amide bonds. The molecule has 0 heterocycles. The molecule has 2 aliphatic rings. The van der Waals surface area contributed by atoms with Crippen LogP contribution in [0, 0.1) is 17.3 Å². The Morgan fingerprint density at radius 1 is 1.11 bits per heavy atom. The van der Waals surface area contributed by atoms with Crippen LogP contribution < -0.4 is 11.1 Å². The quantitative estimate of drug-likeness (QED) is 0.825. The van der Waals surface area contributed by atoms with E-state index in [1.165, 1.54) is 19.3 Å². The van der Waals surface area contributed by atoms with Crippen molar-refractivity contribution >= 4 is 5.91 Å². The van der Waals surface area contributed by atoms with Gasteiger partial charge in [0.25, 0.3) is 0 Å². The standard InChI is InChI=1S/C16H30N2O/c1-11-8-14(10-16(2,3)9-11)18-13-6-4-12(5-7-13)15(17)19/h11-14,18H,4-10H2,1-3H3,(H2,17,19). The minimum absolute atomic E-state index is 0.106. The summed E-state index contributed by atoms with van der Waals surface area (Å²) in [5, 5.41) is 3.85. The molecule has 3 nitrogen and oxygen atoms in total. The van der Waals surface area contributed by atoms with Crippen LogP contribution in [-0.2, 0) is 4.79 Å². The third kappa shape index (κ3) is 4.20. The van der Waals surface area contributed by atoms with Crippen LogP contribution in [0.5, 0.6) is 0 Å². The second-order valence-corrected chi connectivity index (χ2v) is 7.73. The summed E-state index contributed by atoms with van der Waals surface area (Å²) in [5.74, 6) is 0.842. The van der Waals surface area contributed by atoms with Crippen molar-refractivity contribution in [3.8, 4) is 0 Å². The molecule has 0 spiro atoms. The predicted molar refractivity (Wildman–Crippen MR) is 78.7 cm³/mol. The average molecular weight is 266 g/mol. The van der Waals surface area contributed by atoms with Gasteiger partial charge in [0.2, 0.25) is 5.91 Å². The van der Waals surface area contributed by atoms with E-state index in [4.69, 9.17) is 5.73 Å². The molecule has 0 radical (unpaired) electrons. The molecule has 3 N–H and O–H groups in total. The largest absolute Gasteiger partial charge is 0.369 e. The Morgan fingerprint density at radius 2 is 1.74 bits per heavy atom. The molecule has 19 heavy (non-hydrogen) atoms. The first-order valence-corrected chi connectivity index (χ1v) is 7.91. The van der Waals surface area contributed by atoms with Gasteiger partial charge in [0.05, 0.1) is 0 Å². The second-order valence-electron chi connectivity index (χ2n) is 7.73. The Hall–Kier alpha value is -0.570. The molecule has 2 aliphatic carbocycles. The topological polar surface area (TPSA) is 55.1 Å².